The maximum Gasteiger partial charge on any atom is 0.328 e. The third-order valence-electron chi connectivity index (χ3n) is 12.5. The molecule has 2 aromatic carbocycles. The number of ether oxygens (including phenoxy) is 1. The fraction of sp³-hybridized carbons (Fsp3) is 0.500. The first-order chi connectivity index (χ1) is 27.5. The Labute approximate surface area is 337 Å². The summed E-state index contributed by atoms with van der Waals surface area (Å²) < 4.78 is 8.23. The lowest BCUT2D eigenvalue weighted by atomic mass is 9.73. The van der Waals surface area contributed by atoms with Crippen LogP contribution in [0.3, 0.4) is 0 Å². The maximum absolute atomic E-state index is 13.2. The number of urea groups is 1. The summed E-state index contributed by atoms with van der Waals surface area (Å²) >= 11 is 6.17. The van der Waals surface area contributed by atoms with Crippen LogP contribution in [-0.4, -0.2) is 94.1 Å². The normalized spacial score (nSPS) is 23.2. The van der Waals surface area contributed by atoms with E-state index in [1.807, 2.05) is 24.4 Å². The minimum absolute atomic E-state index is 0.0247. The number of carbonyl (C=O) groups excluding carboxylic acids is 3. The van der Waals surface area contributed by atoms with Crippen molar-refractivity contribution in [3.8, 4) is 11.8 Å². The van der Waals surface area contributed by atoms with E-state index < -0.39 is 0 Å². The van der Waals surface area contributed by atoms with Crippen molar-refractivity contribution in [2.24, 2.45) is 11.3 Å². The first kappa shape index (κ1) is 38.6. The van der Waals surface area contributed by atoms with Crippen molar-refractivity contribution in [2.75, 3.05) is 49.1 Å². The van der Waals surface area contributed by atoms with Crippen molar-refractivity contribution < 1.29 is 19.1 Å². The Morgan fingerprint density at radius 2 is 1.82 bits per heavy atom. The number of nitrogens with zero attached hydrogens (tertiary/aromatic N) is 8. The third-order valence-corrected chi connectivity index (χ3v) is 12.8. The van der Waals surface area contributed by atoms with Crippen LogP contribution < -0.4 is 25.2 Å². The topological polar surface area (TPSA) is 162 Å². The number of rotatable bonds is 9. The second kappa shape index (κ2) is 16.3. The predicted molar refractivity (Wildman–Crippen MR) is 216 cm³/mol. The highest BCUT2D eigenvalue weighted by Crippen LogP contribution is 2.39. The number of anilines is 2. The Kier molecular flexibility index (Phi) is 11.0. The molecule has 298 valence electrons. The van der Waals surface area contributed by atoms with Crippen molar-refractivity contribution in [3.63, 3.8) is 0 Å². The molecule has 1 saturated carbocycles. The molecule has 3 saturated heterocycles. The summed E-state index contributed by atoms with van der Waals surface area (Å²) in [6.07, 6.45) is 8.33. The van der Waals surface area contributed by atoms with E-state index in [1.165, 1.54) is 0 Å². The molecule has 2 aromatic heterocycles. The van der Waals surface area contributed by atoms with E-state index in [-0.39, 0.29) is 47.9 Å². The molecule has 15 heteroatoms. The van der Waals surface area contributed by atoms with Crippen molar-refractivity contribution in [1.82, 2.24) is 35.5 Å². The number of piperidine rings is 2. The number of benzene rings is 2. The second-order valence-corrected chi connectivity index (χ2v) is 17.0. The van der Waals surface area contributed by atoms with Gasteiger partial charge in [-0.05, 0) is 92.7 Å². The number of hydrogen-bond acceptors (Lipinski definition) is 10. The average Bonchev–Trinajstić information content (AvgIpc) is 3.65. The molecule has 1 unspecified atom stereocenters. The van der Waals surface area contributed by atoms with Crippen LogP contribution in [0.2, 0.25) is 5.02 Å². The molecule has 4 amide bonds. The quantitative estimate of drug-likeness (QED) is 0.203. The number of fused-ring (bicyclic) bond motifs is 1. The van der Waals surface area contributed by atoms with Crippen molar-refractivity contribution in [3.05, 3.63) is 71.0 Å². The van der Waals surface area contributed by atoms with Crippen LogP contribution in [0.25, 0.3) is 10.9 Å². The fourth-order valence-electron chi connectivity index (χ4n) is 8.83. The van der Waals surface area contributed by atoms with Gasteiger partial charge >= 0.3 is 6.03 Å². The Balaban J connectivity index is 0.821. The second-order valence-electron chi connectivity index (χ2n) is 16.6. The third kappa shape index (κ3) is 8.41. The molecule has 4 aliphatic rings. The van der Waals surface area contributed by atoms with Crippen molar-refractivity contribution >= 4 is 51.9 Å². The van der Waals surface area contributed by atoms with Gasteiger partial charge in [0, 0.05) is 63.2 Å². The first-order valence-electron chi connectivity index (χ1n) is 20.1. The minimum Gasteiger partial charge on any atom is -0.490 e. The number of aromatic nitrogens is 4. The van der Waals surface area contributed by atoms with Gasteiger partial charge < -0.3 is 19.9 Å². The number of imide groups is 1. The van der Waals surface area contributed by atoms with Crippen LogP contribution in [0.5, 0.6) is 5.75 Å². The van der Waals surface area contributed by atoms with E-state index in [0.717, 1.165) is 100 Å². The van der Waals surface area contributed by atoms with Crippen LogP contribution >= 0.6 is 11.6 Å². The van der Waals surface area contributed by atoms with Crippen LogP contribution in [0, 0.1) is 22.7 Å². The summed E-state index contributed by atoms with van der Waals surface area (Å²) in [6, 6.07) is 16.7. The van der Waals surface area contributed by atoms with E-state index >= 15 is 0 Å². The molecular formula is C42H49ClN10O4. The summed E-state index contributed by atoms with van der Waals surface area (Å²) in [5.74, 6) is 1.41. The standard InChI is InChI=1S/C42H49ClN10O4/c1-42(2)17-21-51(38-13-12-35(48-49-38)40(55)46-29-7-10-31(11-8-29)57-32-9-6-27(23-44)34(43)22-32)26-28(42)25-50-18-14-30(15-19-50)53-37-5-3-4-36(33(37)24-45-53)52-20-16-39(54)47-41(52)56/h3-6,9,12-13,22,24,28-31H,7-8,10-11,14-21,25-26H2,1-2H3,(H,46,55)(H,47,54,56). The van der Waals surface area contributed by atoms with Crippen molar-refractivity contribution in [1.29, 1.82) is 5.26 Å². The Bertz CT molecular complexity index is 2170. The van der Waals surface area contributed by atoms with E-state index in [0.29, 0.717) is 34.5 Å². The van der Waals surface area contributed by atoms with Gasteiger partial charge in [0.15, 0.2) is 11.5 Å². The van der Waals surface area contributed by atoms with E-state index in [2.05, 4.69) is 61.3 Å². The summed E-state index contributed by atoms with van der Waals surface area (Å²) in [7, 11) is 0. The molecular weight excluding hydrogens is 744 g/mol. The van der Waals surface area contributed by atoms with E-state index in [1.54, 1.807) is 29.2 Å². The zero-order valence-corrected chi connectivity index (χ0v) is 33.2. The highest BCUT2D eigenvalue weighted by atomic mass is 35.5. The molecule has 4 fully saturated rings. The molecule has 14 nitrogen and oxygen atoms in total. The minimum atomic E-state index is -0.387. The molecule has 0 radical (unpaired) electrons. The maximum atomic E-state index is 13.2. The lowest BCUT2D eigenvalue weighted by Crippen LogP contribution is -2.50. The van der Waals surface area contributed by atoms with Gasteiger partial charge in [0.25, 0.3) is 5.91 Å². The van der Waals surface area contributed by atoms with Gasteiger partial charge in [0.1, 0.15) is 11.8 Å². The molecule has 5 heterocycles. The number of nitriles is 1. The van der Waals surface area contributed by atoms with Gasteiger partial charge in [-0.1, -0.05) is 31.5 Å². The summed E-state index contributed by atoms with van der Waals surface area (Å²) in [5, 5.41) is 29.7. The summed E-state index contributed by atoms with van der Waals surface area (Å²) in [4.78, 5) is 44.0. The molecule has 0 bridgehead atoms. The monoisotopic (exact) mass is 792 g/mol. The zero-order valence-electron chi connectivity index (χ0n) is 32.5. The number of halogens is 1. The smallest absolute Gasteiger partial charge is 0.328 e. The fourth-order valence-corrected chi connectivity index (χ4v) is 9.04. The largest absolute Gasteiger partial charge is 0.490 e. The Morgan fingerprint density at radius 3 is 2.54 bits per heavy atom. The average molecular weight is 793 g/mol. The number of likely N-dealkylation sites (tertiary alicyclic amines) is 1. The summed E-state index contributed by atoms with van der Waals surface area (Å²) in [5.41, 5.74) is 2.69. The van der Waals surface area contributed by atoms with Gasteiger partial charge in [0.2, 0.25) is 5.91 Å². The number of nitrogens with one attached hydrogen (secondary N) is 2. The molecule has 57 heavy (non-hydrogen) atoms. The van der Waals surface area contributed by atoms with Crippen LogP contribution in [0.4, 0.5) is 16.3 Å². The number of amides is 4. The molecule has 4 aromatic rings. The van der Waals surface area contributed by atoms with Crippen LogP contribution in [-0.2, 0) is 4.79 Å². The van der Waals surface area contributed by atoms with Crippen LogP contribution in [0.15, 0.2) is 54.7 Å². The van der Waals surface area contributed by atoms with Gasteiger partial charge in [-0.25, -0.2) is 4.79 Å². The number of carbonyl (C=O) groups is 3. The van der Waals surface area contributed by atoms with Gasteiger partial charge in [-0.2, -0.15) is 10.4 Å². The predicted octanol–water partition coefficient (Wildman–Crippen LogP) is 6.11. The van der Waals surface area contributed by atoms with Crippen molar-refractivity contribution in [2.45, 2.75) is 83.4 Å². The lowest BCUT2D eigenvalue weighted by molar-refractivity contribution is -0.120. The van der Waals surface area contributed by atoms with Crippen LogP contribution in [0.1, 0.15) is 87.3 Å². The summed E-state index contributed by atoms with van der Waals surface area (Å²) in [6.45, 7) is 9.79. The van der Waals surface area contributed by atoms with E-state index in [9.17, 15) is 14.4 Å². The molecule has 1 aliphatic carbocycles. The molecule has 0 spiro atoms. The van der Waals surface area contributed by atoms with Gasteiger partial charge in [-0.15, -0.1) is 10.2 Å². The van der Waals surface area contributed by atoms with Gasteiger partial charge in [0.05, 0.1) is 40.1 Å². The highest BCUT2D eigenvalue weighted by Gasteiger charge is 2.38. The molecule has 3 aliphatic heterocycles. The SMILES string of the molecule is CC1(C)CCN(c2ccc(C(=O)NC3CCC(Oc4ccc(C#N)c(Cl)c4)CC3)nn2)CC1CN1CCC(n2ncc3c(N4CCC(=O)NC4=O)cccc32)CC1. The zero-order chi connectivity index (χ0) is 39.7. The first-order valence-corrected chi connectivity index (χ1v) is 20.5. The molecule has 2 N–H and O–H groups in total. The Hall–Kier alpha value is -5.26. The van der Waals surface area contributed by atoms with Gasteiger partial charge in [-0.3, -0.25) is 24.5 Å². The molecule has 1 atom stereocenters. The lowest BCUT2D eigenvalue weighted by Gasteiger charge is -2.47. The Morgan fingerprint density at radius 1 is 1.02 bits per heavy atom. The highest BCUT2D eigenvalue weighted by molar-refractivity contribution is 6.31. The number of hydrogen-bond donors (Lipinski definition) is 2. The molecule has 8 rings (SSSR count). The van der Waals surface area contributed by atoms with E-state index in [4.69, 9.17) is 26.7 Å².